The summed E-state index contributed by atoms with van der Waals surface area (Å²) in [5.41, 5.74) is 4.74. The zero-order valence-electron chi connectivity index (χ0n) is 17.4. The number of aromatic nitrogens is 1. The number of hydrogen-bond donors (Lipinski definition) is 1. The molecule has 3 aromatic rings. The molecular weight excluding hydrogens is 382 g/mol. The maximum Gasteiger partial charge on any atom is 0.240 e. The van der Waals surface area contributed by atoms with Gasteiger partial charge in [-0.05, 0) is 74.7 Å². The molecule has 0 bridgehead atoms. The number of nitrogens with zero attached hydrogens (tertiary/aromatic N) is 2. The van der Waals surface area contributed by atoms with Crippen LogP contribution in [-0.4, -0.2) is 38.5 Å². The SMILES string of the molecule is CN(C)[C@H](CNS(=O)(=O)c1ccc2c(c1)CCCC2)c1cn(C)c2ccccc12. The number of sulfonamides is 1. The van der Waals surface area contributed by atoms with Crippen molar-refractivity contribution in [3.05, 3.63) is 65.4 Å². The van der Waals surface area contributed by atoms with Crippen LogP contribution < -0.4 is 4.72 Å². The average Bonchev–Trinajstić information content (AvgIpc) is 3.04. The van der Waals surface area contributed by atoms with Gasteiger partial charge in [-0.2, -0.15) is 0 Å². The Labute approximate surface area is 173 Å². The molecule has 0 unspecified atom stereocenters. The maximum atomic E-state index is 13.0. The Morgan fingerprint density at radius 1 is 1.07 bits per heavy atom. The van der Waals surface area contributed by atoms with Crippen LogP contribution >= 0.6 is 0 Å². The van der Waals surface area contributed by atoms with Gasteiger partial charge in [-0.3, -0.25) is 0 Å². The molecule has 1 heterocycles. The van der Waals surface area contributed by atoms with Crippen LogP contribution in [-0.2, 0) is 29.9 Å². The third-order valence-corrected chi connectivity index (χ3v) is 7.43. The first kappa shape index (κ1) is 20.1. The number of likely N-dealkylation sites (N-methyl/N-ethyl adjacent to an activating group) is 1. The highest BCUT2D eigenvalue weighted by atomic mass is 32.2. The molecule has 0 fully saturated rings. The third kappa shape index (κ3) is 3.97. The van der Waals surface area contributed by atoms with E-state index >= 15 is 0 Å². The largest absolute Gasteiger partial charge is 0.350 e. The molecule has 1 atom stereocenters. The van der Waals surface area contributed by atoms with E-state index in [1.54, 1.807) is 6.07 Å². The molecule has 154 valence electrons. The van der Waals surface area contributed by atoms with Crippen molar-refractivity contribution in [1.29, 1.82) is 0 Å². The summed E-state index contributed by atoms with van der Waals surface area (Å²) in [4.78, 5) is 2.44. The van der Waals surface area contributed by atoms with Crippen molar-refractivity contribution in [2.45, 2.75) is 36.6 Å². The van der Waals surface area contributed by atoms with E-state index < -0.39 is 10.0 Å². The number of benzene rings is 2. The molecule has 1 aromatic heterocycles. The normalized spacial score (nSPS) is 15.6. The molecule has 0 amide bonds. The van der Waals surface area contributed by atoms with E-state index in [9.17, 15) is 8.42 Å². The van der Waals surface area contributed by atoms with Gasteiger partial charge in [0.1, 0.15) is 0 Å². The Morgan fingerprint density at radius 2 is 1.79 bits per heavy atom. The zero-order valence-corrected chi connectivity index (χ0v) is 18.2. The second-order valence-electron chi connectivity index (χ2n) is 8.18. The van der Waals surface area contributed by atoms with Gasteiger partial charge in [0.25, 0.3) is 0 Å². The molecule has 2 aromatic carbocycles. The van der Waals surface area contributed by atoms with Gasteiger partial charge in [-0.15, -0.1) is 0 Å². The molecule has 1 aliphatic rings. The minimum absolute atomic E-state index is 0.0616. The summed E-state index contributed by atoms with van der Waals surface area (Å²) in [6, 6.07) is 13.8. The van der Waals surface area contributed by atoms with Crippen molar-refractivity contribution in [3.63, 3.8) is 0 Å². The standard InChI is InChI=1S/C23H29N3O2S/c1-25(2)23(21-16-26(3)22-11-7-6-10-20(21)22)15-24-29(27,28)19-13-12-17-8-4-5-9-18(17)14-19/h6-7,10-14,16,23-24H,4-5,8-9,15H2,1-3H3/t23-/m1/s1. The Kier molecular flexibility index (Phi) is 5.51. The summed E-state index contributed by atoms with van der Waals surface area (Å²) in [5, 5.41) is 1.15. The first-order valence-corrected chi connectivity index (χ1v) is 11.7. The highest BCUT2D eigenvalue weighted by molar-refractivity contribution is 7.89. The first-order valence-electron chi connectivity index (χ1n) is 10.2. The van der Waals surface area contributed by atoms with Crippen molar-refractivity contribution in [2.75, 3.05) is 20.6 Å². The van der Waals surface area contributed by atoms with Crippen molar-refractivity contribution in [3.8, 4) is 0 Å². The van der Waals surface area contributed by atoms with Crippen molar-refractivity contribution < 1.29 is 8.42 Å². The highest BCUT2D eigenvalue weighted by Crippen LogP contribution is 2.29. The molecule has 29 heavy (non-hydrogen) atoms. The monoisotopic (exact) mass is 411 g/mol. The predicted octanol–water partition coefficient (Wildman–Crippen LogP) is 3.64. The van der Waals surface area contributed by atoms with Gasteiger partial charge < -0.3 is 9.47 Å². The molecule has 0 radical (unpaired) electrons. The van der Waals surface area contributed by atoms with Crippen LogP contribution in [0.5, 0.6) is 0 Å². The summed E-state index contributed by atoms with van der Waals surface area (Å²) in [6.45, 7) is 0.320. The maximum absolute atomic E-state index is 13.0. The van der Waals surface area contributed by atoms with E-state index in [2.05, 4.69) is 32.5 Å². The van der Waals surface area contributed by atoms with Gasteiger partial charge >= 0.3 is 0 Å². The van der Waals surface area contributed by atoms with E-state index in [1.807, 2.05) is 45.4 Å². The lowest BCUT2D eigenvalue weighted by Crippen LogP contribution is -2.34. The fourth-order valence-corrected chi connectivity index (χ4v) is 5.45. The summed E-state index contributed by atoms with van der Waals surface area (Å²) in [5.74, 6) is 0. The highest BCUT2D eigenvalue weighted by Gasteiger charge is 2.23. The van der Waals surface area contributed by atoms with Crippen LogP contribution in [0.2, 0.25) is 0 Å². The van der Waals surface area contributed by atoms with Gasteiger partial charge in [0.2, 0.25) is 10.0 Å². The topological polar surface area (TPSA) is 54.3 Å². The molecule has 0 saturated heterocycles. The van der Waals surface area contributed by atoms with Gasteiger partial charge in [0.15, 0.2) is 0 Å². The van der Waals surface area contributed by atoms with Crippen LogP contribution in [0, 0.1) is 0 Å². The third-order valence-electron chi connectivity index (χ3n) is 6.01. The van der Waals surface area contributed by atoms with Crippen LogP contribution in [0.4, 0.5) is 0 Å². The Bertz CT molecular complexity index is 1130. The number of hydrogen-bond acceptors (Lipinski definition) is 3. The summed E-state index contributed by atoms with van der Waals surface area (Å²) < 4.78 is 31.0. The Hall–Kier alpha value is -2.15. The molecule has 6 heteroatoms. The summed E-state index contributed by atoms with van der Waals surface area (Å²) >= 11 is 0. The second kappa shape index (κ2) is 7.94. The molecule has 1 aliphatic carbocycles. The lowest BCUT2D eigenvalue weighted by molar-refractivity contribution is 0.301. The quantitative estimate of drug-likeness (QED) is 0.674. The number of para-hydroxylation sites is 1. The van der Waals surface area contributed by atoms with Crippen LogP contribution in [0.15, 0.2) is 53.6 Å². The Balaban J connectivity index is 1.59. The summed E-state index contributed by atoms with van der Waals surface area (Å²) in [7, 11) is 2.43. The van der Waals surface area contributed by atoms with Gasteiger partial charge in [-0.25, -0.2) is 13.1 Å². The lowest BCUT2D eigenvalue weighted by atomic mass is 9.92. The first-order chi connectivity index (χ1) is 13.9. The fraction of sp³-hybridized carbons (Fsp3) is 0.391. The molecule has 1 N–H and O–H groups in total. The minimum Gasteiger partial charge on any atom is -0.350 e. The predicted molar refractivity (Wildman–Crippen MR) is 118 cm³/mol. The van der Waals surface area contributed by atoms with Crippen LogP contribution in [0.3, 0.4) is 0 Å². The number of rotatable bonds is 6. The molecule has 4 rings (SSSR count). The van der Waals surface area contributed by atoms with E-state index in [0.29, 0.717) is 11.4 Å². The smallest absolute Gasteiger partial charge is 0.240 e. The van der Waals surface area contributed by atoms with Gasteiger partial charge in [0.05, 0.1) is 4.90 Å². The van der Waals surface area contributed by atoms with E-state index in [-0.39, 0.29) is 6.04 Å². The summed E-state index contributed by atoms with van der Waals surface area (Å²) in [6.07, 6.45) is 6.44. The van der Waals surface area contributed by atoms with E-state index in [0.717, 1.165) is 35.7 Å². The number of aryl methyl sites for hydroxylation is 3. The van der Waals surface area contributed by atoms with Crippen LogP contribution in [0.1, 0.15) is 35.6 Å². The van der Waals surface area contributed by atoms with Crippen molar-refractivity contribution >= 4 is 20.9 Å². The Morgan fingerprint density at radius 3 is 2.55 bits per heavy atom. The zero-order chi connectivity index (χ0) is 20.6. The lowest BCUT2D eigenvalue weighted by Gasteiger charge is -2.25. The van der Waals surface area contributed by atoms with E-state index in [1.165, 1.54) is 17.5 Å². The van der Waals surface area contributed by atoms with Gasteiger partial charge in [-0.1, -0.05) is 24.3 Å². The minimum atomic E-state index is -3.56. The molecule has 0 aliphatic heterocycles. The molecule has 5 nitrogen and oxygen atoms in total. The van der Waals surface area contributed by atoms with Crippen molar-refractivity contribution in [2.24, 2.45) is 7.05 Å². The molecular formula is C23H29N3O2S. The molecule has 0 spiro atoms. The second-order valence-corrected chi connectivity index (χ2v) is 9.95. The number of nitrogens with one attached hydrogen (secondary N) is 1. The number of fused-ring (bicyclic) bond motifs is 2. The van der Waals surface area contributed by atoms with Gasteiger partial charge in [0, 0.05) is 36.7 Å². The van der Waals surface area contributed by atoms with E-state index in [4.69, 9.17) is 0 Å². The van der Waals surface area contributed by atoms with Crippen LogP contribution in [0.25, 0.3) is 10.9 Å². The average molecular weight is 412 g/mol. The fourth-order valence-electron chi connectivity index (χ4n) is 4.36. The van der Waals surface area contributed by atoms with Crippen molar-refractivity contribution in [1.82, 2.24) is 14.2 Å². The molecule has 0 saturated carbocycles.